The highest BCUT2D eigenvalue weighted by molar-refractivity contribution is 4.95. The normalized spacial score (nSPS) is 27.5. The summed E-state index contributed by atoms with van der Waals surface area (Å²) in [5.41, 5.74) is 0. The molecule has 0 aromatic heterocycles. The summed E-state index contributed by atoms with van der Waals surface area (Å²) in [7, 11) is 0. The van der Waals surface area contributed by atoms with Gasteiger partial charge in [0.25, 0.3) is 0 Å². The SMILES string of the molecule is CCCCCCCCCCCCC/C=C/[C@@H](O)[C@H](COC1OC(CO)C(O)C(O)C1O)N=NN. The smallest absolute Gasteiger partial charge is 0.186 e. The van der Waals surface area contributed by atoms with Gasteiger partial charge in [-0.15, -0.1) is 0 Å². The third kappa shape index (κ3) is 12.0. The largest absolute Gasteiger partial charge is 0.394 e. The van der Waals surface area contributed by atoms with E-state index in [-0.39, 0.29) is 6.61 Å². The fourth-order valence-corrected chi connectivity index (χ4v) is 3.97. The van der Waals surface area contributed by atoms with Gasteiger partial charge in [-0.25, -0.2) is 0 Å². The highest BCUT2D eigenvalue weighted by Gasteiger charge is 2.44. The lowest BCUT2D eigenvalue weighted by Gasteiger charge is -2.39. The van der Waals surface area contributed by atoms with Gasteiger partial charge >= 0.3 is 0 Å². The fourth-order valence-electron chi connectivity index (χ4n) is 3.97. The Morgan fingerprint density at radius 2 is 1.50 bits per heavy atom. The van der Waals surface area contributed by atoms with Crippen LogP contribution >= 0.6 is 0 Å². The summed E-state index contributed by atoms with van der Waals surface area (Å²) in [6, 6.07) is -0.842. The quantitative estimate of drug-likeness (QED) is 0.0526. The van der Waals surface area contributed by atoms with Crippen LogP contribution in [0.1, 0.15) is 84.0 Å². The van der Waals surface area contributed by atoms with Gasteiger partial charge in [0.15, 0.2) is 6.29 Å². The third-order valence-corrected chi connectivity index (χ3v) is 6.20. The lowest BCUT2D eigenvalue weighted by Crippen LogP contribution is -2.59. The Labute approximate surface area is 203 Å². The van der Waals surface area contributed by atoms with Crippen molar-refractivity contribution in [3.8, 4) is 0 Å². The van der Waals surface area contributed by atoms with Gasteiger partial charge < -0.3 is 40.8 Å². The standard InChI is InChI=1S/C24H47N3O7/c1-2-3-4-5-6-7-8-9-10-11-12-13-14-15-19(29)18(26-27-25)17-33-24-23(32)22(31)21(30)20(16-28)34-24/h14-15,18-24,28-32H,2-13,16-17H2,1H3,(H2,25,26)/b15-14+/t18-,19+,20?,21?,22?,23?,24?/m0/s1. The lowest BCUT2D eigenvalue weighted by atomic mass is 9.99. The number of unbranched alkanes of at least 4 members (excludes halogenated alkanes) is 11. The van der Waals surface area contributed by atoms with Gasteiger partial charge in [-0.05, 0) is 12.8 Å². The molecule has 0 aromatic rings. The van der Waals surface area contributed by atoms with Crippen LogP contribution in [-0.4, -0.2) is 81.6 Å². The first-order valence-electron chi connectivity index (χ1n) is 12.8. The molecule has 0 spiro atoms. The zero-order chi connectivity index (χ0) is 25.2. The molecule has 0 amide bonds. The molecule has 200 valence electrons. The number of aliphatic hydroxyl groups excluding tert-OH is 5. The molecule has 7 N–H and O–H groups in total. The molecule has 1 saturated heterocycles. The second-order valence-electron chi connectivity index (χ2n) is 9.07. The molecule has 5 unspecified atom stereocenters. The number of nitrogens with two attached hydrogens (primary N) is 1. The maximum Gasteiger partial charge on any atom is 0.186 e. The van der Waals surface area contributed by atoms with Crippen molar-refractivity contribution < 1.29 is 35.0 Å². The predicted octanol–water partition coefficient (Wildman–Crippen LogP) is 2.12. The summed E-state index contributed by atoms with van der Waals surface area (Å²) in [4.78, 5) is 0. The van der Waals surface area contributed by atoms with Crippen molar-refractivity contribution in [1.82, 2.24) is 0 Å². The second-order valence-corrected chi connectivity index (χ2v) is 9.07. The Morgan fingerprint density at radius 1 is 0.912 bits per heavy atom. The summed E-state index contributed by atoms with van der Waals surface area (Å²) in [5, 5.41) is 56.3. The Kier molecular flexibility index (Phi) is 17.4. The first kappa shape index (κ1) is 30.9. The van der Waals surface area contributed by atoms with E-state index in [1.54, 1.807) is 6.08 Å². The van der Waals surface area contributed by atoms with Gasteiger partial charge in [0.05, 0.1) is 19.3 Å². The summed E-state index contributed by atoms with van der Waals surface area (Å²) >= 11 is 0. The van der Waals surface area contributed by atoms with Gasteiger partial charge in [-0.2, -0.15) is 5.11 Å². The second kappa shape index (κ2) is 19.1. The van der Waals surface area contributed by atoms with Crippen molar-refractivity contribution in [3.05, 3.63) is 12.2 Å². The van der Waals surface area contributed by atoms with E-state index >= 15 is 0 Å². The van der Waals surface area contributed by atoms with E-state index in [9.17, 15) is 25.5 Å². The predicted molar refractivity (Wildman–Crippen MR) is 129 cm³/mol. The lowest BCUT2D eigenvalue weighted by molar-refractivity contribution is -0.302. The zero-order valence-corrected chi connectivity index (χ0v) is 20.6. The molecule has 7 atom stereocenters. The highest BCUT2D eigenvalue weighted by Crippen LogP contribution is 2.22. The molecule has 34 heavy (non-hydrogen) atoms. The van der Waals surface area contributed by atoms with Crippen LogP contribution in [0.3, 0.4) is 0 Å². The zero-order valence-electron chi connectivity index (χ0n) is 20.6. The van der Waals surface area contributed by atoms with Crippen LogP contribution in [0, 0.1) is 0 Å². The van der Waals surface area contributed by atoms with Crippen molar-refractivity contribution in [2.24, 2.45) is 16.2 Å². The molecule has 0 radical (unpaired) electrons. The first-order chi connectivity index (χ1) is 16.5. The van der Waals surface area contributed by atoms with E-state index in [1.807, 2.05) is 6.08 Å². The van der Waals surface area contributed by atoms with E-state index < -0.39 is 49.5 Å². The Balaban J connectivity index is 2.25. The van der Waals surface area contributed by atoms with Gasteiger partial charge in [0, 0.05) is 0 Å². The van der Waals surface area contributed by atoms with Crippen LogP contribution in [-0.2, 0) is 9.47 Å². The molecule has 0 saturated carbocycles. The van der Waals surface area contributed by atoms with E-state index in [4.69, 9.17) is 15.3 Å². The summed E-state index contributed by atoms with van der Waals surface area (Å²) in [6.07, 6.45) is 10.5. The number of ether oxygens (including phenoxy) is 2. The van der Waals surface area contributed by atoms with Crippen molar-refractivity contribution in [2.75, 3.05) is 13.2 Å². The van der Waals surface area contributed by atoms with E-state index in [1.165, 1.54) is 57.8 Å². The molecule has 1 rings (SSSR count). The third-order valence-electron chi connectivity index (χ3n) is 6.20. The maximum atomic E-state index is 10.4. The molecular formula is C24H47N3O7. The average molecular weight is 490 g/mol. The van der Waals surface area contributed by atoms with E-state index in [0.29, 0.717) is 0 Å². The van der Waals surface area contributed by atoms with Crippen LogP contribution in [0.25, 0.3) is 0 Å². The number of rotatable bonds is 19. The van der Waals surface area contributed by atoms with Gasteiger partial charge in [0.2, 0.25) is 0 Å². The summed E-state index contributed by atoms with van der Waals surface area (Å²) in [6.45, 7) is 1.48. The number of hydrogen-bond acceptors (Lipinski definition) is 9. The highest BCUT2D eigenvalue weighted by atomic mass is 16.7. The molecular weight excluding hydrogens is 442 g/mol. The molecule has 0 aliphatic carbocycles. The monoisotopic (exact) mass is 489 g/mol. The van der Waals surface area contributed by atoms with E-state index in [2.05, 4.69) is 17.3 Å². The van der Waals surface area contributed by atoms with Crippen molar-refractivity contribution in [1.29, 1.82) is 0 Å². The van der Waals surface area contributed by atoms with Gasteiger partial charge in [-0.1, -0.05) is 88.5 Å². The molecule has 1 fully saturated rings. The molecule has 10 heteroatoms. The van der Waals surface area contributed by atoms with Crippen LogP contribution in [0.4, 0.5) is 0 Å². The molecule has 0 aromatic carbocycles. The molecule has 10 nitrogen and oxygen atoms in total. The molecule has 0 bridgehead atoms. The topological polar surface area (TPSA) is 170 Å². The summed E-state index contributed by atoms with van der Waals surface area (Å²) in [5.74, 6) is 5.14. The minimum Gasteiger partial charge on any atom is -0.394 e. The Morgan fingerprint density at radius 3 is 2.06 bits per heavy atom. The molecule has 1 heterocycles. The Hall–Kier alpha value is -1.14. The van der Waals surface area contributed by atoms with Crippen LogP contribution in [0.5, 0.6) is 0 Å². The fraction of sp³-hybridized carbons (Fsp3) is 0.917. The first-order valence-corrected chi connectivity index (χ1v) is 12.8. The number of nitrogens with zero attached hydrogens (tertiary/aromatic N) is 2. The van der Waals surface area contributed by atoms with Crippen LogP contribution in [0.2, 0.25) is 0 Å². The number of aliphatic hydroxyl groups is 5. The minimum atomic E-state index is -1.54. The summed E-state index contributed by atoms with van der Waals surface area (Å²) < 4.78 is 10.7. The molecule has 1 aliphatic rings. The average Bonchev–Trinajstić information content (AvgIpc) is 2.84. The van der Waals surface area contributed by atoms with E-state index in [0.717, 1.165) is 19.3 Å². The molecule has 1 aliphatic heterocycles. The number of hydrogen-bond donors (Lipinski definition) is 6. The van der Waals surface area contributed by atoms with Gasteiger partial charge in [0.1, 0.15) is 30.5 Å². The van der Waals surface area contributed by atoms with Crippen molar-refractivity contribution in [2.45, 2.75) is 127 Å². The minimum absolute atomic E-state index is 0.201. The van der Waals surface area contributed by atoms with Crippen molar-refractivity contribution >= 4 is 0 Å². The van der Waals surface area contributed by atoms with Crippen LogP contribution < -0.4 is 5.84 Å². The maximum absolute atomic E-state index is 10.4. The van der Waals surface area contributed by atoms with Gasteiger partial charge in [-0.3, -0.25) is 0 Å². The Bertz CT molecular complexity index is 551. The number of allylic oxidation sites excluding steroid dienone is 1. The van der Waals surface area contributed by atoms with Crippen molar-refractivity contribution in [3.63, 3.8) is 0 Å². The van der Waals surface area contributed by atoms with Crippen LogP contribution in [0.15, 0.2) is 22.5 Å².